The lowest BCUT2D eigenvalue weighted by Crippen LogP contribution is -2.35. The van der Waals surface area contributed by atoms with Gasteiger partial charge in [0.15, 0.2) is 0 Å². The Morgan fingerprint density at radius 3 is 2.29 bits per heavy atom. The number of likely N-dealkylation sites (N-methyl/N-ethyl adjacent to an activating group) is 1. The highest BCUT2D eigenvalue weighted by molar-refractivity contribution is 5.94. The lowest BCUT2D eigenvalue weighted by atomic mass is 10.2. The Balaban J connectivity index is 2.44. The molecule has 0 aliphatic heterocycles. The molecule has 1 rings (SSSR count). The van der Waals surface area contributed by atoms with E-state index in [-0.39, 0.29) is 37.0 Å². The third-order valence-electron chi connectivity index (χ3n) is 2.87. The van der Waals surface area contributed by atoms with Crippen LogP contribution in [0.25, 0.3) is 0 Å². The minimum atomic E-state index is -0.293. The monoisotopic (exact) mass is 292 g/mol. The molecule has 0 heterocycles. The number of nitrogens with one attached hydrogen (secondary N) is 1. The molecular formula is C15H20N2O4. The van der Waals surface area contributed by atoms with Gasteiger partial charge in [-0.3, -0.25) is 9.59 Å². The number of methoxy groups -OCH3 is 1. The molecule has 0 saturated carbocycles. The van der Waals surface area contributed by atoms with Crippen LogP contribution in [0, 0.1) is 0 Å². The molecule has 1 aromatic carbocycles. The summed E-state index contributed by atoms with van der Waals surface area (Å²) in [4.78, 5) is 35.6. The second-order valence-electron chi connectivity index (χ2n) is 4.73. The zero-order valence-corrected chi connectivity index (χ0v) is 12.5. The maximum absolute atomic E-state index is 11.8. The van der Waals surface area contributed by atoms with E-state index >= 15 is 0 Å². The Kier molecular flexibility index (Phi) is 6.39. The van der Waals surface area contributed by atoms with Gasteiger partial charge in [-0.1, -0.05) is 0 Å². The van der Waals surface area contributed by atoms with Crippen LogP contribution in [0.15, 0.2) is 24.3 Å². The van der Waals surface area contributed by atoms with Crippen molar-refractivity contribution in [3.63, 3.8) is 0 Å². The minimum Gasteiger partial charge on any atom is -0.497 e. The fourth-order valence-corrected chi connectivity index (χ4v) is 1.65. The quantitative estimate of drug-likeness (QED) is 0.825. The van der Waals surface area contributed by atoms with Gasteiger partial charge in [0.2, 0.25) is 11.8 Å². The Morgan fingerprint density at radius 2 is 1.76 bits per heavy atom. The fraction of sp³-hybridized carbons (Fsp3) is 0.400. The van der Waals surface area contributed by atoms with Crippen LogP contribution in [-0.2, 0) is 14.4 Å². The zero-order chi connectivity index (χ0) is 15.8. The highest BCUT2D eigenvalue weighted by Crippen LogP contribution is 2.14. The number of ketones is 1. The number of nitrogens with zero attached hydrogens (tertiary/aromatic N) is 1. The van der Waals surface area contributed by atoms with Gasteiger partial charge >= 0.3 is 0 Å². The molecule has 0 atom stereocenters. The SMILES string of the molecule is COc1ccc(NC(=O)CN(C)C(=O)CCC(C)=O)cc1. The first-order valence-electron chi connectivity index (χ1n) is 6.59. The van der Waals surface area contributed by atoms with Crippen LogP contribution in [0.1, 0.15) is 19.8 Å². The van der Waals surface area contributed by atoms with Crippen molar-refractivity contribution in [2.45, 2.75) is 19.8 Å². The molecule has 0 aliphatic carbocycles. The molecule has 21 heavy (non-hydrogen) atoms. The molecule has 0 radical (unpaired) electrons. The number of rotatable bonds is 7. The Labute approximate surface area is 124 Å². The summed E-state index contributed by atoms with van der Waals surface area (Å²) in [5.41, 5.74) is 0.630. The average molecular weight is 292 g/mol. The van der Waals surface area contributed by atoms with E-state index in [0.29, 0.717) is 11.4 Å². The van der Waals surface area contributed by atoms with Crippen molar-refractivity contribution in [2.75, 3.05) is 26.0 Å². The van der Waals surface area contributed by atoms with Gasteiger partial charge in [0.25, 0.3) is 0 Å². The number of ether oxygens (including phenoxy) is 1. The molecule has 1 N–H and O–H groups in total. The van der Waals surface area contributed by atoms with Crippen molar-refractivity contribution in [1.29, 1.82) is 0 Å². The van der Waals surface area contributed by atoms with Gasteiger partial charge in [-0.15, -0.1) is 0 Å². The maximum Gasteiger partial charge on any atom is 0.243 e. The topological polar surface area (TPSA) is 75.7 Å². The summed E-state index contributed by atoms with van der Waals surface area (Å²) in [6, 6.07) is 6.90. The van der Waals surface area contributed by atoms with Gasteiger partial charge in [-0.25, -0.2) is 0 Å². The molecule has 0 spiro atoms. The molecule has 114 valence electrons. The third kappa shape index (κ3) is 6.07. The summed E-state index contributed by atoms with van der Waals surface area (Å²) in [5.74, 6) is 0.137. The first-order valence-corrected chi connectivity index (χ1v) is 6.59. The van der Waals surface area contributed by atoms with Crippen LogP contribution >= 0.6 is 0 Å². The van der Waals surface area contributed by atoms with Gasteiger partial charge in [0.05, 0.1) is 13.7 Å². The van der Waals surface area contributed by atoms with Crippen LogP contribution in [0.2, 0.25) is 0 Å². The van der Waals surface area contributed by atoms with Crippen molar-refractivity contribution in [3.8, 4) is 5.75 Å². The van der Waals surface area contributed by atoms with E-state index < -0.39 is 0 Å². The normalized spacial score (nSPS) is 9.86. The molecule has 6 heteroatoms. The molecule has 0 fully saturated rings. The number of anilines is 1. The summed E-state index contributed by atoms with van der Waals surface area (Å²) < 4.78 is 5.02. The standard InChI is InChI=1S/C15H20N2O4/c1-11(18)4-9-15(20)17(2)10-14(19)16-12-5-7-13(21-3)8-6-12/h5-8H,4,9-10H2,1-3H3,(H,16,19). The third-order valence-corrected chi connectivity index (χ3v) is 2.87. The molecule has 0 unspecified atom stereocenters. The van der Waals surface area contributed by atoms with Crippen molar-refractivity contribution < 1.29 is 19.1 Å². The summed E-state index contributed by atoms with van der Waals surface area (Å²) >= 11 is 0. The Bertz CT molecular complexity index is 511. The van der Waals surface area contributed by atoms with Crippen LogP contribution < -0.4 is 10.1 Å². The average Bonchev–Trinajstić information content (AvgIpc) is 2.45. The van der Waals surface area contributed by atoms with E-state index in [1.165, 1.54) is 18.9 Å². The summed E-state index contributed by atoms with van der Waals surface area (Å²) in [6.07, 6.45) is 0.324. The predicted octanol–water partition coefficient (Wildman–Crippen LogP) is 1.46. The maximum atomic E-state index is 11.8. The predicted molar refractivity (Wildman–Crippen MR) is 79.2 cm³/mol. The fourth-order valence-electron chi connectivity index (χ4n) is 1.65. The Hall–Kier alpha value is -2.37. The van der Waals surface area contributed by atoms with Crippen LogP contribution in [-0.4, -0.2) is 43.2 Å². The minimum absolute atomic E-state index is 0.0422. The van der Waals surface area contributed by atoms with E-state index in [1.54, 1.807) is 31.4 Å². The van der Waals surface area contributed by atoms with Gasteiger partial charge < -0.3 is 19.7 Å². The van der Waals surface area contributed by atoms with Crippen LogP contribution in [0.3, 0.4) is 0 Å². The first-order chi connectivity index (χ1) is 9.92. The van der Waals surface area contributed by atoms with Crippen LogP contribution in [0.5, 0.6) is 5.75 Å². The van der Waals surface area contributed by atoms with Crippen molar-refractivity contribution >= 4 is 23.3 Å². The first kappa shape index (κ1) is 16.7. The lowest BCUT2D eigenvalue weighted by molar-refractivity contribution is -0.134. The molecular weight excluding hydrogens is 272 g/mol. The number of hydrogen-bond acceptors (Lipinski definition) is 4. The molecule has 0 aliphatic rings. The van der Waals surface area contributed by atoms with Gasteiger partial charge in [0, 0.05) is 25.6 Å². The number of hydrogen-bond donors (Lipinski definition) is 1. The van der Waals surface area contributed by atoms with Crippen molar-refractivity contribution in [1.82, 2.24) is 4.90 Å². The summed E-state index contributed by atoms with van der Waals surface area (Å²) in [7, 11) is 3.10. The molecule has 2 amide bonds. The number of amides is 2. The molecule has 1 aromatic rings. The van der Waals surface area contributed by atoms with E-state index in [4.69, 9.17) is 4.74 Å². The number of carbonyl (C=O) groups is 3. The number of benzene rings is 1. The summed E-state index contributed by atoms with van der Waals surface area (Å²) in [5, 5.41) is 2.69. The number of carbonyl (C=O) groups excluding carboxylic acids is 3. The summed E-state index contributed by atoms with van der Waals surface area (Å²) in [6.45, 7) is 1.38. The van der Waals surface area contributed by atoms with Crippen molar-refractivity contribution in [2.24, 2.45) is 0 Å². The second-order valence-corrected chi connectivity index (χ2v) is 4.73. The van der Waals surface area contributed by atoms with E-state index in [2.05, 4.69) is 5.32 Å². The van der Waals surface area contributed by atoms with E-state index in [9.17, 15) is 14.4 Å². The highest BCUT2D eigenvalue weighted by Gasteiger charge is 2.13. The largest absolute Gasteiger partial charge is 0.497 e. The highest BCUT2D eigenvalue weighted by atomic mass is 16.5. The van der Waals surface area contributed by atoms with Gasteiger partial charge in [-0.2, -0.15) is 0 Å². The molecule has 0 aromatic heterocycles. The van der Waals surface area contributed by atoms with Gasteiger partial charge in [-0.05, 0) is 31.2 Å². The van der Waals surface area contributed by atoms with Crippen molar-refractivity contribution in [3.05, 3.63) is 24.3 Å². The molecule has 0 bridgehead atoms. The second kappa shape index (κ2) is 8.04. The van der Waals surface area contributed by atoms with E-state index in [1.807, 2.05) is 0 Å². The van der Waals surface area contributed by atoms with Gasteiger partial charge in [0.1, 0.15) is 11.5 Å². The molecule has 0 saturated heterocycles. The molecule has 6 nitrogen and oxygen atoms in total. The smallest absolute Gasteiger partial charge is 0.243 e. The zero-order valence-electron chi connectivity index (χ0n) is 12.5. The van der Waals surface area contributed by atoms with Crippen LogP contribution in [0.4, 0.5) is 5.69 Å². The number of Topliss-reactive ketones (excluding diaryl/α,β-unsaturated/α-hetero) is 1. The Morgan fingerprint density at radius 1 is 1.14 bits per heavy atom. The lowest BCUT2D eigenvalue weighted by Gasteiger charge is -2.16. The van der Waals surface area contributed by atoms with E-state index in [0.717, 1.165) is 0 Å².